The van der Waals surface area contributed by atoms with Gasteiger partial charge in [0.15, 0.2) is 0 Å². The van der Waals surface area contributed by atoms with Gasteiger partial charge in [0.2, 0.25) is 0 Å². The molecule has 7 nitrogen and oxygen atoms in total. The minimum atomic E-state index is -3.98. The van der Waals surface area contributed by atoms with Gasteiger partial charge < -0.3 is 20.1 Å². The number of aliphatic hydroxyl groups excluding tert-OH is 3. The SMILES string of the molecule is O=S(=O)(OC[C@H](O)[C@@H]1OC[C@@H](O)[C@H]1O)c1ccccc1. The predicted molar refractivity (Wildman–Crippen MR) is 67.3 cm³/mol. The van der Waals surface area contributed by atoms with Crippen LogP contribution < -0.4 is 0 Å². The number of benzene rings is 1. The van der Waals surface area contributed by atoms with Gasteiger partial charge in [-0.1, -0.05) is 18.2 Å². The van der Waals surface area contributed by atoms with Gasteiger partial charge in [-0.05, 0) is 12.1 Å². The summed E-state index contributed by atoms with van der Waals surface area (Å²) in [5.74, 6) is 0. The predicted octanol–water partition coefficient (Wildman–Crippen LogP) is -1.13. The monoisotopic (exact) mass is 304 g/mol. The summed E-state index contributed by atoms with van der Waals surface area (Å²) in [6, 6.07) is 7.50. The molecule has 112 valence electrons. The van der Waals surface area contributed by atoms with Gasteiger partial charge in [-0.3, -0.25) is 4.18 Å². The number of rotatable bonds is 5. The van der Waals surface area contributed by atoms with Crippen LogP contribution in [0.3, 0.4) is 0 Å². The largest absolute Gasteiger partial charge is 0.388 e. The molecule has 2 rings (SSSR count). The smallest absolute Gasteiger partial charge is 0.297 e. The summed E-state index contributed by atoms with van der Waals surface area (Å²) in [5.41, 5.74) is 0. The molecule has 0 radical (unpaired) electrons. The molecule has 0 aromatic heterocycles. The first-order valence-electron chi connectivity index (χ1n) is 6.02. The normalized spacial score (nSPS) is 28.4. The van der Waals surface area contributed by atoms with Crippen LogP contribution in [0.4, 0.5) is 0 Å². The fourth-order valence-corrected chi connectivity index (χ4v) is 2.82. The summed E-state index contributed by atoms with van der Waals surface area (Å²) in [5, 5.41) is 28.6. The minimum Gasteiger partial charge on any atom is -0.388 e. The second-order valence-corrected chi connectivity index (χ2v) is 6.09. The van der Waals surface area contributed by atoms with Crippen LogP contribution in [-0.4, -0.2) is 61.4 Å². The lowest BCUT2D eigenvalue weighted by Gasteiger charge is -2.20. The quantitative estimate of drug-likeness (QED) is 0.590. The summed E-state index contributed by atoms with van der Waals surface area (Å²) in [7, 11) is -3.98. The van der Waals surface area contributed by atoms with Crippen molar-refractivity contribution in [1.29, 1.82) is 0 Å². The third-order valence-corrected chi connectivity index (χ3v) is 4.29. The Bertz CT molecular complexity index is 530. The highest BCUT2D eigenvalue weighted by molar-refractivity contribution is 7.86. The van der Waals surface area contributed by atoms with E-state index in [2.05, 4.69) is 0 Å². The lowest BCUT2D eigenvalue weighted by atomic mass is 10.1. The van der Waals surface area contributed by atoms with E-state index in [0.717, 1.165) is 0 Å². The van der Waals surface area contributed by atoms with Crippen molar-refractivity contribution in [2.75, 3.05) is 13.2 Å². The molecule has 0 saturated carbocycles. The van der Waals surface area contributed by atoms with E-state index in [0.29, 0.717) is 0 Å². The average Bonchev–Trinajstić information content (AvgIpc) is 2.78. The van der Waals surface area contributed by atoms with E-state index in [9.17, 15) is 23.7 Å². The second kappa shape index (κ2) is 6.17. The third-order valence-electron chi connectivity index (χ3n) is 3.00. The van der Waals surface area contributed by atoms with Gasteiger partial charge in [-0.25, -0.2) is 0 Å². The van der Waals surface area contributed by atoms with E-state index in [1.54, 1.807) is 18.2 Å². The molecule has 1 aliphatic heterocycles. The van der Waals surface area contributed by atoms with E-state index >= 15 is 0 Å². The molecule has 1 aromatic rings. The Balaban J connectivity index is 1.95. The minimum absolute atomic E-state index is 0.0277. The van der Waals surface area contributed by atoms with Gasteiger partial charge in [0.1, 0.15) is 24.4 Å². The molecule has 1 aromatic carbocycles. The van der Waals surface area contributed by atoms with Crippen molar-refractivity contribution in [2.24, 2.45) is 0 Å². The molecule has 0 aliphatic carbocycles. The van der Waals surface area contributed by atoms with E-state index < -0.39 is 41.1 Å². The second-order valence-electron chi connectivity index (χ2n) is 4.47. The van der Waals surface area contributed by atoms with E-state index in [4.69, 9.17) is 8.92 Å². The van der Waals surface area contributed by atoms with Crippen LogP contribution >= 0.6 is 0 Å². The topological polar surface area (TPSA) is 113 Å². The van der Waals surface area contributed by atoms with Gasteiger partial charge in [0.05, 0.1) is 18.1 Å². The molecular formula is C12H16O7S. The van der Waals surface area contributed by atoms with Crippen molar-refractivity contribution in [3.05, 3.63) is 30.3 Å². The number of hydrogen-bond acceptors (Lipinski definition) is 7. The summed E-state index contributed by atoms with van der Waals surface area (Å²) < 4.78 is 33.3. The van der Waals surface area contributed by atoms with Gasteiger partial charge in [0.25, 0.3) is 10.1 Å². The maximum atomic E-state index is 11.8. The standard InChI is InChI=1S/C12H16O7S/c13-9-6-18-12(11(9)15)10(14)7-19-20(16,17)8-4-2-1-3-5-8/h1-5,9-15H,6-7H2/t9-,10+,11-,12+/m1/s1. The highest BCUT2D eigenvalue weighted by atomic mass is 32.2. The lowest BCUT2D eigenvalue weighted by Crippen LogP contribution is -2.41. The van der Waals surface area contributed by atoms with E-state index in [1.165, 1.54) is 12.1 Å². The fraction of sp³-hybridized carbons (Fsp3) is 0.500. The lowest BCUT2D eigenvalue weighted by molar-refractivity contribution is -0.0641. The highest BCUT2D eigenvalue weighted by Gasteiger charge is 2.39. The first kappa shape index (κ1) is 15.4. The van der Waals surface area contributed by atoms with Crippen LogP contribution in [0.15, 0.2) is 35.2 Å². The summed E-state index contributed by atoms with van der Waals surface area (Å²) in [4.78, 5) is -0.0277. The number of aliphatic hydroxyl groups is 3. The van der Waals surface area contributed by atoms with Crippen molar-refractivity contribution in [2.45, 2.75) is 29.3 Å². The Kier molecular flexibility index (Phi) is 4.74. The molecule has 0 unspecified atom stereocenters. The molecular weight excluding hydrogens is 288 g/mol. The molecule has 0 amide bonds. The Hall–Kier alpha value is -1.03. The Morgan fingerprint density at radius 1 is 1.30 bits per heavy atom. The maximum Gasteiger partial charge on any atom is 0.297 e. The summed E-state index contributed by atoms with van der Waals surface area (Å²) in [6.07, 6.45) is -4.80. The molecule has 8 heteroatoms. The van der Waals surface area contributed by atoms with Crippen LogP contribution in [0.2, 0.25) is 0 Å². The Labute approximate surface area is 116 Å². The molecule has 4 atom stereocenters. The molecule has 20 heavy (non-hydrogen) atoms. The number of ether oxygens (including phenoxy) is 1. The van der Waals surface area contributed by atoms with Crippen molar-refractivity contribution in [1.82, 2.24) is 0 Å². The Morgan fingerprint density at radius 3 is 2.50 bits per heavy atom. The first-order valence-corrected chi connectivity index (χ1v) is 7.43. The molecule has 0 bridgehead atoms. The van der Waals surface area contributed by atoms with Gasteiger partial charge in [0, 0.05) is 0 Å². The zero-order valence-electron chi connectivity index (χ0n) is 10.5. The number of hydrogen-bond donors (Lipinski definition) is 3. The fourth-order valence-electron chi connectivity index (χ4n) is 1.87. The highest BCUT2D eigenvalue weighted by Crippen LogP contribution is 2.19. The summed E-state index contributed by atoms with van der Waals surface area (Å²) in [6.45, 7) is -0.681. The van der Waals surface area contributed by atoms with Crippen LogP contribution in [0.5, 0.6) is 0 Å². The van der Waals surface area contributed by atoms with Crippen molar-refractivity contribution < 1.29 is 32.7 Å². The molecule has 1 heterocycles. The van der Waals surface area contributed by atoms with Crippen LogP contribution in [-0.2, 0) is 19.0 Å². The Morgan fingerprint density at radius 2 is 1.95 bits per heavy atom. The van der Waals surface area contributed by atoms with Crippen LogP contribution in [0.25, 0.3) is 0 Å². The van der Waals surface area contributed by atoms with Crippen LogP contribution in [0, 0.1) is 0 Å². The molecule has 1 saturated heterocycles. The summed E-state index contributed by atoms with van der Waals surface area (Å²) >= 11 is 0. The van der Waals surface area contributed by atoms with Crippen molar-refractivity contribution >= 4 is 10.1 Å². The van der Waals surface area contributed by atoms with Gasteiger partial charge >= 0.3 is 0 Å². The third kappa shape index (κ3) is 3.35. The molecule has 1 fully saturated rings. The molecule has 1 aliphatic rings. The van der Waals surface area contributed by atoms with Crippen molar-refractivity contribution in [3.63, 3.8) is 0 Å². The van der Waals surface area contributed by atoms with Gasteiger partial charge in [-0.15, -0.1) is 0 Å². The first-order chi connectivity index (χ1) is 9.42. The van der Waals surface area contributed by atoms with Crippen LogP contribution in [0.1, 0.15) is 0 Å². The molecule has 0 spiro atoms. The zero-order valence-corrected chi connectivity index (χ0v) is 11.3. The van der Waals surface area contributed by atoms with Crippen molar-refractivity contribution in [3.8, 4) is 0 Å². The maximum absolute atomic E-state index is 11.8. The average molecular weight is 304 g/mol. The van der Waals surface area contributed by atoms with Gasteiger partial charge in [-0.2, -0.15) is 8.42 Å². The zero-order chi connectivity index (χ0) is 14.8. The van der Waals surface area contributed by atoms with E-state index in [-0.39, 0.29) is 11.5 Å². The molecule has 3 N–H and O–H groups in total. The van der Waals surface area contributed by atoms with E-state index in [1.807, 2.05) is 0 Å².